The van der Waals surface area contributed by atoms with Gasteiger partial charge in [-0.25, -0.2) is 0 Å². The van der Waals surface area contributed by atoms with Crippen LogP contribution in [0.15, 0.2) is 36.5 Å². The zero-order chi connectivity index (χ0) is 12.0. The third-order valence-corrected chi connectivity index (χ3v) is 2.68. The Morgan fingerprint density at radius 2 is 1.75 bits per heavy atom. The highest BCUT2D eigenvalue weighted by Gasteiger charge is 2.01. The molecule has 2 heteroatoms. The molecule has 0 unspecified atom stereocenters. The molecule has 0 heterocycles. The van der Waals surface area contributed by atoms with Crippen molar-refractivity contribution in [1.82, 2.24) is 4.90 Å². The quantitative estimate of drug-likeness (QED) is 0.788. The maximum absolute atomic E-state index is 4.06. The van der Waals surface area contributed by atoms with Crippen LogP contribution in [0.5, 0.6) is 0 Å². The van der Waals surface area contributed by atoms with Crippen molar-refractivity contribution in [2.24, 2.45) is 0 Å². The van der Waals surface area contributed by atoms with E-state index in [1.807, 2.05) is 0 Å². The molecule has 0 saturated heterocycles. The minimum Gasteiger partial charge on any atom is -0.358 e. The number of likely N-dealkylation sites (N-methyl/N-ethyl adjacent to an activating group) is 1. The lowest BCUT2D eigenvalue weighted by atomic mass is 10.2. The van der Waals surface area contributed by atoms with E-state index in [9.17, 15) is 0 Å². The fraction of sp³-hybridized carbons (Fsp3) is 0.429. The Labute approximate surface area is 99.0 Å². The Morgan fingerprint density at radius 3 is 2.25 bits per heavy atom. The largest absolute Gasteiger partial charge is 0.358 e. The normalized spacial score (nSPS) is 10.5. The predicted molar refractivity (Wildman–Crippen MR) is 71.7 cm³/mol. The van der Waals surface area contributed by atoms with Crippen LogP contribution in [0.25, 0.3) is 0 Å². The molecule has 2 nitrogen and oxygen atoms in total. The van der Waals surface area contributed by atoms with E-state index in [0.717, 1.165) is 31.0 Å². The van der Waals surface area contributed by atoms with E-state index < -0.39 is 0 Å². The number of hydrogen-bond acceptors (Lipinski definition) is 2. The summed E-state index contributed by atoms with van der Waals surface area (Å²) in [5, 5.41) is 3.33. The Balaban J connectivity index is 2.48. The molecule has 88 valence electrons. The lowest BCUT2D eigenvalue weighted by Crippen LogP contribution is -2.27. The molecule has 0 fully saturated rings. The minimum absolute atomic E-state index is 0.904. The number of anilines is 1. The molecule has 0 bridgehead atoms. The Bertz CT molecular complexity index is 323. The van der Waals surface area contributed by atoms with Gasteiger partial charge in [-0.15, -0.1) is 0 Å². The Hall–Kier alpha value is -1.28. The smallest absolute Gasteiger partial charge is 0.0382 e. The molecule has 16 heavy (non-hydrogen) atoms. The van der Waals surface area contributed by atoms with Gasteiger partial charge in [0.1, 0.15) is 0 Å². The van der Waals surface area contributed by atoms with Gasteiger partial charge in [0.15, 0.2) is 0 Å². The monoisotopic (exact) mass is 218 g/mol. The van der Waals surface area contributed by atoms with Crippen LogP contribution in [0.3, 0.4) is 0 Å². The first kappa shape index (κ1) is 12.8. The van der Waals surface area contributed by atoms with Gasteiger partial charge >= 0.3 is 0 Å². The van der Waals surface area contributed by atoms with Crippen LogP contribution in [0.1, 0.15) is 19.4 Å². The molecule has 0 aliphatic rings. The molecular formula is C14H22N2. The summed E-state index contributed by atoms with van der Waals surface area (Å²) in [6.07, 6.45) is 0. The standard InChI is InChI=1S/C14H22N2/c1-5-16(6-2)11-13(4)15-14-9-7-12(3)8-10-14/h7-10,15H,4-6,11H2,1-3H3. The molecule has 0 aromatic heterocycles. The van der Waals surface area contributed by atoms with Crippen LogP contribution in [-0.2, 0) is 0 Å². The van der Waals surface area contributed by atoms with Crippen LogP contribution in [-0.4, -0.2) is 24.5 Å². The van der Waals surface area contributed by atoms with Crippen LogP contribution >= 0.6 is 0 Å². The molecule has 0 atom stereocenters. The van der Waals surface area contributed by atoms with Gasteiger partial charge in [0, 0.05) is 17.9 Å². The van der Waals surface area contributed by atoms with E-state index in [1.54, 1.807) is 0 Å². The van der Waals surface area contributed by atoms with Crippen molar-refractivity contribution in [3.63, 3.8) is 0 Å². The third kappa shape index (κ3) is 4.07. The van der Waals surface area contributed by atoms with Gasteiger partial charge in [-0.05, 0) is 32.1 Å². The summed E-state index contributed by atoms with van der Waals surface area (Å²) in [4.78, 5) is 2.34. The second-order valence-electron chi connectivity index (χ2n) is 4.06. The van der Waals surface area contributed by atoms with E-state index >= 15 is 0 Å². The second-order valence-corrected chi connectivity index (χ2v) is 4.06. The second kappa shape index (κ2) is 6.33. The Morgan fingerprint density at radius 1 is 1.19 bits per heavy atom. The van der Waals surface area contributed by atoms with Crippen molar-refractivity contribution >= 4 is 5.69 Å². The highest BCUT2D eigenvalue weighted by Crippen LogP contribution is 2.11. The van der Waals surface area contributed by atoms with E-state index in [-0.39, 0.29) is 0 Å². The molecule has 1 aromatic rings. The number of nitrogens with one attached hydrogen (secondary N) is 1. The average Bonchev–Trinajstić information content (AvgIpc) is 2.29. The summed E-state index contributed by atoms with van der Waals surface area (Å²) >= 11 is 0. The summed E-state index contributed by atoms with van der Waals surface area (Å²) < 4.78 is 0. The van der Waals surface area contributed by atoms with E-state index in [0.29, 0.717) is 0 Å². The maximum atomic E-state index is 4.06. The number of nitrogens with zero attached hydrogens (tertiary/aromatic N) is 1. The molecule has 0 spiro atoms. The highest BCUT2D eigenvalue weighted by atomic mass is 15.1. The minimum atomic E-state index is 0.904. The molecule has 0 saturated carbocycles. The summed E-state index contributed by atoms with van der Waals surface area (Å²) in [7, 11) is 0. The molecule has 0 aliphatic carbocycles. The van der Waals surface area contributed by atoms with E-state index in [4.69, 9.17) is 0 Å². The van der Waals surface area contributed by atoms with Crippen molar-refractivity contribution in [1.29, 1.82) is 0 Å². The van der Waals surface area contributed by atoms with Gasteiger partial charge in [-0.2, -0.15) is 0 Å². The highest BCUT2D eigenvalue weighted by molar-refractivity contribution is 5.48. The zero-order valence-electron chi connectivity index (χ0n) is 10.6. The van der Waals surface area contributed by atoms with Crippen molar-refractivity contribution in [2.45, 2.75) is 20.8 Å². The van der Waals surface area contributed by atoms with Gasteiger partial charge in [0.2, 0.25) is 0 Å². The molecular weight excluding hydrogens is 196 g/mol. The predicted octanol–water partition coefficient (Wildman–Crippen LogP) is 3.26. The Kier molecular flexibility index (Phi) is 5.06. The van der Waals surface area contributed by atoms with Crippen LogP contribution < -0.4 is 5.32 Å². The van der Waals surface area contributed by atoms with Gasteiger partial charge < -0.3 is 5.32 Å². The molecule has 0 radical (unpaired) electrons. The van der Waals surface area contributed by atoms with Gasteiger partial charge in [0.05, 0.1) is 0 Å². The van der Waals surface area contributed by atoms with E-state index in [2.05, 4.69) is 61.8 Å². The van der Waals surface area contributed by atoms with Gasteiger partial charge in [-0.3, -0.25) is 4.90 Å². The number of rotatable bonds is 6. The SMILES string of the molecule is C=C(CN(CC)CC)Nc1ccc(C)cc1. The van der Waals surface area contributed by atoms with Crippen LogP contribution in [0.4, 0.5) is 5.69 Å². The van der Waals surface area contributed by atoms with Crippen molar-refractivity contribution in [3.8, 4) is 0 Å². The average molecular weight is 218 g/mol. The molecule has 1 N–H and O–H groups in total. The summed E-state index contributed by atoms with van der Waals surface area (Å²) in [5.74, 6) is 0. The number of hydrogen-bond donors (Lipinski definition) is 1. The zero-order valence-corrected chi connectivity index (χ0v) is 10.6. The van der Waals surface area contributed by atoms with E-state index in [1.165, 1.54) is 5.56 Å². The number of aryl methyl sites for hydroxylation is 1. The first-order chi connectivity index (χ1) is 7.65. The first-order valence-electron chi connectivity index (χ1n) is 5.89. The number of benzene rings is 1. The van der Waals surface area contributed by atoms with Crippen molar-refractivity contribution in [2.75, 3.05) is 25.0 Å². The first-order valence-corrected chi connectivity index (χ1v) is 5.89. The van der Waals surface area contributed by atoms with Crippen LogP contribution in [0, 0.1) is 6.92 Å². The maximum Gasteiger partial charge on any atom is 0.0382 e. The van der Waals surface area contributed by atoms with Crippen LogP contribution in [0.2, 0.25) is 0 Å². The summed E-state index contributed by atoms with van der Waals surface area (Å²) in [6, 6.07) is 8.38. The molecule has 1 rings (SSSR count). The lowest BCUT2D eigenvalue weighted by molar-refractivity contribution is 0.331. The summed E-state index contributed by atoms with van der Waals surface area (Å²) in [6.45, 7) is 13.5. The van der Waals surface area contributed by atoms with Gasteiger partial charge in [0.25, 0.3) is 0 Å². The fourth-order valence-electron chi connectivity index (χ4n) is 1.60. The molecule has 0 aliphatic heterocycles. The molecule has 1 aromatic carbocycles. The topological polar surface area (TPSA) is 15.3 Å². The summed E-state index contributed by atoms with van der Waals surface area (Å²) in [5.41, 5.74) is 3.44. The third-order valence-electron chi connectivity index (χ3n) is 2.68. The fourth-order valence-corrected chi connectivity index (χ4v) is 1.60. The van der Waals surface area contributed by atoms with Crippen molar-refractivity contribution in [3.05, 3.63) is 42.1 Å². The van der Waals surface area contributed by atoms with Gasteiger partial charge in [-0.1, -0.05) is 38.1 Å². The molecule has 0 amide bonds. The lowest BCUT2D eigenvalue weighted by Gasteiger charge is -2.20. The van der Waals surface area contributed by atoms with Crippen molar-refractivity contribution < 1.29 is 0 Å².